The fourth-order valence-electron chi connectivity index (χ4n) is 2.17. The smallest absolute Gasteiger partial charge is 0.326 e. The number of carbonyl (C=O) groups excluding carboxylic acids is 1. The maximum absolute atomic E-state index is 12.1. The van der Waals surface area contributed by atoms with E-state index in [1.807, 2.05) is 13.8 Å². The van der Waals surface area contributed by atoms with Crippen molar-refractivity contribution in [2.75, 3.05) is 25.1 Å². The van der Waals surface area contributed by atoms with Gasteiger partial charge in [0.15, 0.2) is 0 Å². The van der Waals surface area contributed by atoms with Crippen LogP contribution in [0.5, 0.6) is 0 Å². The SMILES string of the molecule is C[C@@H]1CN(C(=O)NC(CCS(C)(=O)=O)C(=O)O)C[C@H](C)O1. The number of carboxylic acids is 1. The second-order valence-corrected chi connectivity index (χ2v) is 7.68. The molecule has 8 nitrogen and oxygen atoms in total. The molecule has 0 spiro atoms. The van der Waals surface area contributed by atoms with Crippen LogP contribution in [0.15, 0.2) is 0 Å². The molecule has 0 bridgehead atoms. The lowest BCUT2D eigenvalue weighted by atomic mass is 10.2. The van der Waals surface area contributed by atoms with Crippen molar-refractivity contribution in [1.29, 1.82) is 0 Å². The van der Waals surface area contributed by atoms with Crippen molar-refractivity contribution in [2.24, 2.45) is 0 Å². The van der Waals surface area contributed by atoms with Gasteiger partial charge < -0.3 is 20.1 Å². The number of hydrogen-bond acceptors (Lipinski definition) is 5. The normalized spacial score (nSPS) is 24.4. The Morgan fingerprint density at radius 1 is 1.33 bits per heavy atom. The maximum atomic E-state index is 12.1. The van der Waals surface area contributed by atoms with E-state index in [0.717, 1.165) is 6.26 Å². The molecule has 0 aromatic rings. The summed E-state index contributed by atoms with van der Waals surface area (Å²) in [4.78, 5) is 24.7. The van der Waals surface area contributed by atoms with E-state index >= 15 is 0 Å². The van der Waals surface area contributed by atoms with Crippen LogP contribution in [0.25, 0.3) is 0 Å². The zero-order valence-corrected chi connectivity index (χ0v) is 13.2. The van der Waals surface area contributed by atoms with Crippen molar-refractivity contribution >= 4 is 21.8 Å². The van der Waals surface area contributed by atoms with Gasteiger partial charge in [-0.2, -0.15) is 0 Å². The van der Waals surface area contributed by atoms with E-state index in [0.29, 0.717) is 13.1 Å². The van der Waals surface area contributed by atoms with Crippen LogP contribution in [0, 0.1) is 0 Å². The van der Waals surface area contributed by atoms with E-state index < -0.39 is 27.9 Å². The largest absolute Gasteiger partial charge is 0.480 e. The summed E-state index contributed by atoms with van der Waals surface area (Å²) in [5.41, 5.74) is 0. The third-order valence-electron chi connectivity index (χ3n) is 3.08. The zero-order chi connectivity index (χ0) is 16.2. The number of nitrogens with one attached hydrogen (secondary N) is 1. The number of rotatable bonds is 5. The predicted octanol–water partition coefficient (Wildman–Crippen LogP) is -0.307. The lowest BCUT2D eigenvalue weighted by Crippen LogP contribution is -2.54. The number of urea groups is 1. The fraction of sp³-hybridized carbons (Fsp3) is 0.833. The second kappa shape index (κ2) is 7.08. The Bertz CT molecular complexity index is 482. The molecule has 2 N–H and O–H groups in total. The number of hydrogen-bond donors (Lipinski definition) is 2. The monoisotopic (exact) mass is 322 g/mol. The number of nitrogens with zero attached hydrogens (tertiary/aromatic N) is 1. The Labute approximate surface area is 124 Å². The molecule has 0 radical (unpaired) electrons. The van der Waals surface area contributed by atoms with E-state index in [1.165, 1.54) is 4.90 Å². The van der Waals surface area contributed by atoms with Gasteiger partial charge in [-0.25, -0.2) is 18.0 Å². The molecule has 1 unspecified atom stereocenters. The van der Waals surface area contributed by atoms with Crippen LogP contribution in [-0.2, 0) is 19.4 Å². The van der Waals surface area contributed by atoms with Crippen LogP contribution in [0.1, 0.15) is 20.3 Å². The fourth-order valence-corrected chi connectivity index (χ4v) is 2.84. The number of sulfone groups is 1. The molecule has 3 atom stereocenters. The molecular formula is C12H22N2O6S. The first-order chi connectivity index (χ1) is 9.58. The van der Waals surface area contributed by atoms with Crippen molar-refractivity contribution in [2.45, 2.75) is 38.5 Å². The number of carboxylic acid groups (broad SMARTS) is 1. The Morgan fingerprint density at radius 2 is 1.86 bits per heavy atom. The van der Waals surface area contributed by atoms with E-state index in [-0.39, 0.29) is 24.4 Å². The van der Waals surface area contributed by atoms with Crippen LogP contribution in [-0.4, -0.2) is 73.8 Å². The topological polar surface area (TPSA) is 113 Å². The summed E-state index contributed by atoms with van der Waals surface area (Å²) < 4.78 is 27.7. The molecule has 0 aromatic carbocycles. The van der Waals surface area contributed by atoms with E-state index in [2.05, 4.69) is 5.32 Å². The molecule has 1 fully saturated rings. The highest BCUT2D eigenvalue weighted by Crippen LogP contribution is 2.11. The minimum Gasteiger partial charge on any atom is -0.480 e. The number of amides is 2. The molecule has 0 saturated carbocycles. The van der Waals surface area contributed by atoms with Gasteiger partial charge in [0.05, 0.1) is 18.0 Å². The van der Waals surface area contributed by atoms with Gasteiger partial charge >= 0.3 is 12.0 Å². The molecule has 1 aliphatic heterocycles. The summed E-state index contributed by atoms with van der Waals surface area (Å²) in [6.45, 7) is 4.39. The van der Waals surface area contributed by atoms with Crippen LogP contribution in [0.2, 0.25) is 0 Å². The molecule has 1 heterocycles. The van der Waals surface area contributed by atoms with Crippen LogP contribution >= 0.6 is 0 Å². The van der Waals surface area contributed by atoms with Crippen molar-refractivity contribution in [1.82, 2.24) is 10.2 Å². The number of ether oxygens (including phenoxy) is 1. The quantitative estimate of drug-likeness (QED) is 0.718. The summed E-state index contributed by atoms with van der Waals surface area (Å²) in [5.74, 6) is -1.54. The van der Waals surface area contributed by atoms with Gasteiger partial charge in [0.25, 0.3) is 0 Å². The Morgan fingerprint density at radius 3 is 2.29 bits per heavy atom. The first kappa shape index (κ1) is 17.7. The highest BCUT2D eigenvalue weighted by molar-refractivity contribution is 7.90. The first-order valence-corrected chi connectivity index (χ1v) is 8.76. The predicted molar refractivity (Wildman–Crippen MR) is 75.9 cm³/mol. The summed E-state index contributed by atoms with van der Waals surface area (Å²) in [6.07, 6.45) is 0.617. The van der Waals surface area contributed by atoms with Crippen LogP contribution < -0.4 is 5.32 Å². The molecule has 122 valence electrons. The van der Waals surface area contributed by atoms with Gasteiger partial charge in [0.2, 0.25) is 0 Å². The summed E-state index contributed by atoms with van der Waals surface area (Å²) in [5, 5.41) is 11.4. The van der Waals surface area contributed by atoms with E-state index in [9.17, 15) is 18.0 Å². The van der Waals surface area contributed by atoms with Gasteiger partial charge in [-0.1, -0.05) is 0 Å². The number of morpholine rings is 1. The minimum atomic E-state index is -3.28. The van der Waals surface area contributed by atoms with E-state index in [4.69, 9.17) is 9.84 Å². The standard InChI is InChI=1S/C12H22N2O6S/c1-8-6-14(7-9(2)20-8)12(17)13-10(11(15)16)4-5-21(3,18)19/h8-10H,4-7H2,1-3H3,(H,13,17)(H,15,16)/t8-,9+,10?. The number of carbonyl (C=O) groups is 2. The molecule has 9 heteroatoms. The average Bonchev–Trinajstić information content (AvgIpc) is 2.31. The molecule has 21 heavy (non-hydrogen) atoms. The molecule has 0 aliphatic carbocycles. The van der Waals surface area contributed by atoms with E-state index in [1.54, 1.807) is 0 Å². The van der Waals surface area contributed by atoms with Crippen molar-refractivity contribution in [3.8, 4) is 0 Å². The second-order valence-electron chi connectivity index (χ2n) is 5.42. The van der Waals surface area contributed by atoms with Crippen molar-refractivity contribution in [3.05, 3.63) is 0 Å². The Kier molecular flexibility index (Phi) is 5.97. The number of aliphatic carboxylic acids is 1. The summed E-state index contributed by atoms with van der Waals surface area (Å²) in [6, 6.07) is -1.74. The lowest BCUT2D eigenvalue weighted by Gasteiger charge is -2.35. The molecule has 0 aromatic heterocycles. The zero-order valence-electron chi connectivity index (χ0n) is 12.4. The third-order valence-corrected chi connectivity index (χ3v) is 4.06. The first-order valence-electron chi connectivity index (χ1n) is 6.70. The van der Waals surface area contributed by atoms with Gasteiger partial charge in [0, 0.05) is 19.3 Å². The molecule has 1 aliphatic rings. The van der Waals surface area contributed by atoms with Crippen LogP contribution in [0.3, 0.4) is 0 Å². The Hall–Kier alpha value is -1.35. The lowest BCUT2D eigenvalue weighted by molar-refractivity contribution is -0.139. The maximum Gasteiger partial charge on any atom is 0.326 e. The van der Waals surface area contributed by atoms with Crippen molar-refractivity contribution < 1.29 is 27.9 Å². The van der Waals surface area contributed by atoms with Gasteiger partial charge in [0.1, 0.15) is 15.9 Å². The van der Waals surface area contributed by atoms with Gasteiger partial charge in [-0.05, 0) is 20.3 Å². The molecule has 2 amide bonds. The highest BCUT2D eigenvalue weighted by atomic mass is 32.2. The van der Waals surface area contributed by atoms with Crippen molar-refractivity contribution in [3.63, 3.8) is 0 Å². The average molecular weight is 322 g/mol. The summed E-state index contributed by atoms with van der Waals surface area (Å²) >= 11 is 0. The molecular weight excluding hydrogens is 300 g/mol. The third kappa shape index (κ3) is 6.30. The minimum absolute atomic E-state index is 0.126. The van der Waals surface area contributed by atoms with Crippen LogP contribution in [0.4, 0.5) is 4.79 Å². The molecule has 1 saturated heterocycles. The molecule has 1 rings (SSSR count). The van der Waals surface area contributed by atoms with Gasteiger partial charge in [-0.3, -0.25) is 0 Å². The highest BCUT2D eigenvalue weighted by Gasteiger charge is 2.29. The summed E-state index contributed by atoms with van der Waals surface area (Å²) in [7, 11) is -3.28. The Balaban J connectivity index is 2.62. The van der Waals surface area contributed by atoms with Gasteiger partial charge in [-0.15, -0.1) is 0 Å².